The van der Waals surface area contributed by atoms with Crippen molar-refractivity contribution in [1.82, 2.24) is 18.9 Å². The molecule has 0 fully saturated rings. The van der Waals surface area contributed by atoms with Gasteiger partial charge in [-0.3, -0.25) is 4.57 Å². The summed E-state index contributed by atoms with van der Waals surface area (Å²) in [7, 11) is 0. The topological polar surface area (TPSA) is 61.4 Å². The van der Waals surface area contributed by atoms with Crippen LogP contribution in [0.2, 0.25) is 0 Å². The quantitative estimate of drug-likeness (QED) is 0.376. The van der Waals surface area contributed by atoms with Crippen LogP contribution in [0.4, 0.5) is 4.39 Å². The van der Waals surface area contributed by atoms with Crippen LogP contribution in [-0.2, 0) is 11.3 Å². The van der Waals surface area contributed by atoms with Crippen molar-refractivity contribution in [2.45, 2.75) is 18.7 Å². The Bertz CT molecular complexity index is 1150. The van der Waals surface area contributed by atoms with Gasteiger partial charge < -0.3 is 9.14 Å². The van der Waals surface area contributed by atoms with Crippen LogP contribution in [0.5, 0.6) is 0 Å². The molecule has 0 unspecified atom stereocenters. The molecule has 0 radical (unpaired) electrons. The predicted molar refractivity (Wildman–Crippen MR) is 104 cm³/mol. The highest BCUT2D eigenvalue weighted by Gasteiger charge is 2.19. The van der Waals surface area contributed by atoms with Crippen LogP contribution in [0.15, 0.2) is 60.1 Å². The minimum atomic E-state index is -0.523. The number of rotatable bonds is 5. The van der Waals surface area contributed by atoms with Crippen molar-refractivity contribution in [2.75, 3.05) is 6.26 Å². The fourth-order valence-electron chi connectivity index (χ4n) is 2.90. The molecule has 4 rings (SSSR count). The predicted octanol–water partition coefficient (Wildman–Crippen LogP) is 4.05. The first kappa shape index (κ1) is 18.2. The number of benzene rings is 1. The fraction of sp³-hybridized carbons (Fsp3) is 0.150. The molecule has 28 heavy (non-hydrogen) atoms. The van der Waals surface area contributed by atoms with E-state index in [4.69, 9.17) is 4.74 Å². The second-order valence-electron chi connectivity index (χ2n) is 6.22. The van der Waals surface area contributed by atoms with Gasteiger partial charge in [-0.25, -0.2) is 19.2 Å². The molecule has 0 atom stereocenters. The van der Waals surface area contributed by atoms with E-state index in [1.54, 1.807) is 16.7 Å². The molecule has 0 aliphatic heterocycles. The van der Waals surface area contributed by atoms with Crippen molar-refractivity contribution in [3.8, 4) is 5.69 Å². The first-order valence-electron chi connectivity index (χ1n) is 8.54. The molecule has 0 saturated carbocycles. The Morgan fingerprint density at radius 2 is 1.96 bits per heavy atom. The van der Waals surface area contributed by atoms with Gasteiger partial charge in [-0.15, -0.1) is 0 Å². The molecule has 6 nitrogen and oxygen atoms in total. The minimum Gasteiger partial charge on any atom is -0.454 e. The average Bonchev–Trinajstić information content (AvgIpc) is 3.30. The number of nitrogens with zero attached hydrogens (tertiary/aromatic N) is 4. The Balaban J connectivity index is 1.57. The van der Waals surface area contributed by atoms with E-state index in [0.717, 1.165) is 11.2 Å². The van der Waals surface area contributed by atoms with Gasteiger partial charge in [0.2, 0.25) is 0 Å². The number of fused-ring (bicyclic) bond motifs is 1. The number of hydrogen-bond donors (Lipinski definition) is 0. The van der Waals surface area contributed by atoms with Crippen LogP contribution < -0.4 is 0 Å². The molecule has 8 heteroatoms. The highest BCUT2D eigenvalue weighted by molar-refractivity contribution is 7.98. The summed E-state index contributed by atoms with van der Waals surface area (Å²) in [5.41, 5.74) is 3.46. The summed E-state index contributed by atoms with van der Waals surface area (Å²) >= 11 is 1.39. The number of carbonyl (C=O) groups excluding carboxylic acids is 1. The van der Waals surface area contributed by atoms with Crippen molar-refractivity contribution in [2.24, 2.45) is 0 Å². The number of thioether (sulfide) groups is 1. The molecule has 1 aromatic carbocycles. The molecule has 0 amide bonds. The summed E-state index contributed by atoms with van der Waals surface area (Å²) in [6.45, 7) is 2.04. The van der Waals surface area contributed by atoms with Gasteiger partial charge in [0.05, 0.1) is 11.9 Å². The molecule has 0 bridgehead atoms. The highest BCUT2D eigenvalue weighted by atomic mass is 32.2. The second kappa shape index (κ2) is 7.47. The van der Waals surface area contributed by atoms with Gasteiger partial charge in [0.15, 0.2) is 10.9 Å². The number of aromatic nitrogens is 4. The molecule has 0 spiro atoms. The van der Waals surface area contributed by atoms with E-state index in [1.807, 2.05) is 42.1 Å². The third-order valence-electron chi connectivity index (χ3n) is 4.21. The van der Waals surface area contributed by atoms with E-state index < -0.39 is 5.97 Å². The van der Waals surface area contributed by atoms with E-state index >= 15 is 0 Å². The lowest BCUT2D eigenvalue weighted by atomic mass is 10.3. The van der Waals surface area contributed by atoms with Crippen molar-refractivity contribution in [3.63, 3.8) is 0 Å². The van der Waals surface area contributed by atoms with Crippen LogP contribution in [0.1, 0.15) is 21.7 Å². The number of aryl methyl sites for hydroxylation is 1. The molecule has 3 aromatic heterocycles. The van der Waals surface area contributed by atoms with Gasteiger partial charge >= 0.3 is 5.97 Å². The Morgan fingerprint density at radius 1 is 1.18 bits per heavy atom. The maximum absolute atomic E-state index is 13.3. The van der Waals surface area contributed by atoms with Gasteiger partial charge in [0, 0.05) is 18.1 Å². The third kappa shape index (κ3) is 3.50. The van der Waals surface area contributed by atoms with E-state index in [1.165, 1.54) is 30.1 Å². The maximum atomic E-state index is 13.3. The number of pyridine rings is 1. The zero-order valence-corrected chi connectivity index (χ0v) is 16.1. The van der Waals surface area contributed by atoms with Gasteiger partial charge in [-0.05, 0) is 49.1 Å². The lowest BCUT2D eigenvalue weighted by Crippen LogP contribution is -2.12. The van der Waals surface area contributed by atoms with E-state index in [0.29, 0.717) is 16.5 Å². The Hall–Kier alpha value is -3.13. The lowest BCUT2D eigenvalue weighted by Gasteiger charge is -2.10. The number of esters is 1. The number of hydrogen-bond acceptors (Lipinski definition) is 5. The van der Waals surface area contributed by atoms with E-state index in [9.17, 15) is 9.18 Å². The van der Waals surface area contributed by atoms with Gasteiger partial charge in [-0.2, -0.15) is 0 Å². The van der Waals surface area contributed by atoms with Gasteiger partial charge in [-0.1, -0.05) is 17.8 Å². The number of ether oxygens (including phenoxy) is 1. The largest absolute Gasteiger partial charge is 0.454 e. The van der Waals surface area contributed by atoms with E-state index in [-0.39, 0.29) is 18.1 Å². The first-order valence-corrected chi connectivity index (χ1v) is 9.76. The number of imidazole rings is 2. The molecular formula is C20H17FN4O2S. The summed E-state index contributed by atoms with van der Waals surface area (Å²) in [4.78, 5) is 21.4. The number of carbonyl (C=O) groups is 1. The molecule has 142 valence electrons. The molecule has 3 heterocycles. The van der Waals surface area contributed by atoms with Crippen LogP contribution in [0, 0.1) is 12.7 Å². The first-order chi connectivity index (χ1) is 13.5. The normalized spacial score (nSPS) is 11.1. The monoisotopic (exact) mass is 396 g/mol. The standard InChI is InChI=1S/C20H17FN4O2S/c1-13-3-8-18-23-15(11-24(18)10-13)12-27-19(26)17-9-22-20(28-2)25(17)16-6-4-14(21)5-7-16/h3-11H,12H2,1-2H3. The molecule has 4 aromatic rings. The average molecular weight is 396 g/mol. The maximum Gasteiger partial charge on any atom is 0.357 e. The summed E-state index contributed by atoms with van der Waals surface area (Å²) in [6, 6.07) is 9.76. The fourth-order valence-corrected chi connectivity index (χ4v) is 3.45. The Labute approximate surface area is 165 Å². The minimum absolute atomic E-state index is 0.0444. The highest BCUT2D eigenvalue weighted by Crippen LogP contribution is 2.23. The van der Waals surface area contributed by atoms with Crippen LogP contribution >= 0.6 is 11.8 Å². The SMILES string of the molecule is CSc1ncc(C(=O)OCc2cn3cc(C)ccc3n2)n1-c1ccc(F)cc1. The van der Waals surface area contributed by atoms with Crippen molar-refractivity contribution >= 4 is 23.4 Å². The second-order valence-corrected chi connectivity index (χ2v) is 7.00. The third-order valence-corrected chi connectivity index (χ3v) is 4.86. The smallest absolute Gasteiger partial charge is 0.357 e. The van der Waals surface area contributed by atoms with Crippen molar-refractivity contribution < 1.29 is 13.9 Å². The molecule has 0 aliphatic rings. The summed E-state index contributed by atoms with van der Waals surface area (Å²) in [6.07, 6.45) is 7.11. The van der Waals surface area contributed by atoms with Crippen LogP contribution in [0.25, 0.3) is 11.3 Å². The van der Waals surface area contributed by atoms with Crippen molar-refractivity contribution in [1.29, 1.82) is 0 Å². The van der Waals surface area contributed by atoms with Gasteiger partial charge in [0.1, 0.15) is 18.1 Å². The molecule has 0 aliphatic carbocycles. The number of halogens is 1. The zero-order valence-electron chi connectivity index (χ0n) is 15.3. The molecule has 0 saturated heterocycles. The Kier molecular flexibility index (Phi) is 4.87. The van der Waals surface area contributed by atoms with Crippen LogP contribution in [-0.4, -0.2) is 31.2 Å². The lowest BCUT2D eigenvalue weighted by molar-refractivity contribution is 0.0458. The molecule has 0 N–H and O–H groups in total. The van der Waals surface area contributed by atoms with Crippen molar-refractivity contribution in [3.05, 3.63) is 77.8 Å². The Morgan fingerprint density at radius 3 is 2.71 bits per heavy atom. The summed E-state index contributed by atoms with van der Waals surface area (Å²) in [5.74, 6) is -0.869. The zero-order chi connectivity index (χ0) is 19.7. The van der Waals surface area contributed by atoms with E-state index in [2.05, 4.69) is 9.97 Å². The molecular weight excluding hydrogens is 379 g/mol. The van der Waals surface area contributed by atoms with Crippen LogP contribution in [0.3, 0.4) is 0 Å². The summed E-state index contributed by atoms with van der Waals surface area (Å²) in [5, 5.41) is 0.613. The van der Waals surface area contributed by atoms with Gasteiger partial charge in [0.25, 0.3) is 0 Å². The summed E-state index contributed by atoms with van der Waals surface area (Å²) < 4.78 is 22.3.